The molecule has 1 amide bonds. The second kappa shape index (κ2) is 7.41. The van der Waals surface area contributed by atoms with Gasteiger partial charge in [0.15, 0.2) is 0 Å². The summed E-state index contributed by atoms with van der Waals surface area (Å²) >= 11 is 0. The van der Waals surface area contributed by atoms with Crippen LogP contribution in [0.5, 0.6) is 0 Å². The van der Waals surface area contributed by atoms with Crippen molar-refractivity contribution in [3.8, 4) is 0 Å². The van der Waals surface area contributed by atoms with Crippen LogP contribution in [0.25, 0.3) is 0 Å². The average molecular weight is 275 g/mol. The fourth-order valence-electron chi connectivity index (χ4n) is 2.61. The number of amides is 1. The van der Waals surface area contributed by atoms with E-state index in [1.165, 1.54) is 12.8 Å². The Bertz CT molecular complexity index is 424. The third kappa shape index (κ3) is 4.32. The number of hydrogen-bond acceptors (Lipinski definition) is 3. The van der Waals surface area contributed by atoms with Gasteiger partial charge in [0, 0.05) is 19.1 Å². The van der Waals surface area contributed by atoms with Crippen molar-refractivity contribution < 1.29 is 4.79 Å². The van der Waals surface area contributed by atoms with E-state index in [0.717, 1.165) is 30.8 Å². The maximum absolute atomic E-state index is 11.9. The number of carbonyl (C=O) groups is 1. The molecule has 1 aromatic rings. The highest BCUT2D eigenvalue weighted by atomic mass is 16.1. The van der Waals surface area contributed by atoms with Crippen molar-refractivity contribution in [2.75, 3.05) is 19.6 Å². The molecular weight excluding hydrogens is 250 g/mol. The van der Waals surface area contributed by atoms with Crippen LogP contribution in [0.1, 0.15) is 30.9 Å². The van der Waals surface area contributed by atoms with Gasteiger partial charge in [0.25, 0.3) is 0 Å². The van der Waals surface area contributed by atoms with Crippen LogP contribution in [0.4, 0.5) is 0 Å². The fraction of sp³-hybridized carbons (Fsp3) is 0.562. The zero-order valence-electron chi connectivity index (χ0n) is 12.3. The van der Waals surface area contributed by atoms with Crippen LogP contribution in [0, 0.1) is 0 Å². The predicted molar refractivity (Wildman–Crippen MR) is 81.3 cm³/mol. The number of likely N-dealkylation sites (tertiary alicyclic amines) is 1. The molecule has 0 saturated carbocycles. The van der Waals surface area contributed by atoms with Crippen LogP contribution in [0.15, 0.2) is 24.3 Å². The van der Waals surface area contributed by atoms with Crippen LogP contribution < -0.4 is 11.1 Å². The molecule has 20 heavy (non-hydrogen) atoms. The largest absolute Gasteiger partial charge is 0.354 e. The number of nitrogens with one attached hydrogen (secondary N) is 1. The summed E-state index contributed by atoms with van der Waals surface area (Å²) in [5.41, 5.74) is 7.69. The van der Waals surface area contributed by atoms with Crippen LogP contribution in [0.2, 0.25) is 0 Å². The van der Waals surface area contributed by atoms with E-state index in [4.69, 9.17) is 5.73 Å². The first-order chi connectivity index (χ1) is 9.69. The summed E-state index contributed by atoms with van der Waals surface area (Å²) in [4.78, 5) is 14.4. The molecule has 1 aromatic carbocycles. The van der Waals surface area contributed by atoms with Gasteiger partial charge in [-0.1, -0.05) is 24.3 Å². The van der Waals surface area contributed by atoms with Gasteiger partial charge in [0.2, 0.25) is 5.91 Å². The molecule has 1 aliphatic heterocycles. The topological polar surface area (TPSA) is 58.4 Å². The number of nitrogens with two attached hydrogens (primary N) is 1. The van der Waals surface area contributed by atoms with E-state index in [0.29, 0.717) is 19.0 Å². The lowest BCUT2D eigenvalue weighted by Gasteiger charge is -2.23. The van der Waals surface area contributed by atoms with Gasteiger partial charge in [-0.15, -0.1) is 0 Å². The van der Waals surface area contributed by atoms with Gasteiger partial charge < -0.3 is 11.1 Å². The van der Waals surface area contributed by atoms with Crippen molar-refractivity contribution in [2.24, 2.45) is 5.73 Å². The Morgan fingerprint density at radius 2 is 1.85 bits per heavy atom. The molecule has 1 fully saturated rings. The molecule has 1 aliphatic rings. The number of nitrogens with zero attached hydrogens (tertiary/aromatic N) is 1. The summed E-state index contributed by atoms with van der Waals surface area (Å²) in [5, 5.41) is 3.03. The van der Waals surface area contributed by atoms with E-state index in [9.17, 15) is 4.79 Å². The Labute approximate surface area is 121 Å². The summed E-state index contributed by atoms with van der Waals surface area (Å²) in [6.07, 6.45) is 3.01. The molecule has 0 aliphatic carbocycles. The minimum Gasteiger partial charge on any atom is -0.354 e. The molecule has 1 atom stereocenters. The highest BCUT2D eigenvalue weighted by Gasteiger charge is 2.18. The Balaban J connectivity index is 1.74. The highest BCUT2D eigenvalue weighted by molar-refractivity contribution is 5.78. The molecule has 4 heteroatoms. The van der Waals surface area contributed by atoms with E-state index in [-0.39, 0.29) is 5.91 Å². The maximum Gasteiger partial charge on any atom is 0.224 e. The lowest BCUT2D eigenvalue weighted by atomic mass is 10.1. The van der Waals surface area contributed by atoms with Gasteiger partial charge in [-0.25, -0.2) is 0 Å². The molecule has 3 N–H and O–H groups in total. The molecule has 1 unspecified atom stereocenters. The van der Waals surface area contributed by atoms with E-state index in [2.05, 4.69) is 17.1 Å². The first-order valence-corrected chi connectivity index (χ1v) is 7.47. The fourth-order valence-corrected chi connectivity index (χ4v) is 2.61. The molecule has 2 rings (SSSR count). The molecule has 0 aromatic heterocycles. The van der Waals surface area contributed by atoms with Crippen molar-refractivity contribution >= 4 is 5.91 Å². The first kappa shape index (κ1) is 15.0. The van der Waals surface area contributed by atoms with Gasteiger partial charge >= 0.3 is 0 Å². The van der Waals surface area contributed by atoms with Crippen molar-refractivity contribution in [1.29, 1.82) is 0 Å². The molecule has 0 radical (unpaired) electrons. The Kier molecular flexibility index (Phi) is 5.56. The van der Waals surface area contributed by atoms with Crippen molar-refractivity contribution in [3.63, 3.8) is 0 Å². The van der Waals surface area contributed by atoms with Crippen molar-refractivity contribution in [1.82, 2.24) is 10.2 Å². The monoisotopic (exact) mass is 275 g/mol. The van der Waals surface area contributed by atoms with Gasteiger partial charge in [0.1, 0.15) is 0 Å². The van der Waals surface area contributed by atoms with Crippen molar-refractivity contribution in [2.45, 2.75) is 38.8 Å². The molecule has 1 heterocycles. The minimum atomic E-state index is 0.0940. The lowest BCUT2D eigenvalue weighted by Crippen LogP contribution is -2.41. The summed E-state index contributed by atoms with van der Waals surface area (Å²) < 4.78 is 0. The summed E-state index contributed by atoms with van der Waals surface area (Å²) in [6, 6.07) is 8.35. The Morgan fingerprint density at radius 1 is 1.25 bits per heavy atom. The molecule has 1 saturated heterocycles. The highest BCUT2D eigenvalue weighted by Crippen LogP contribution is 2.10. The van der Waals surface area contributed by atoms with Gasteiger partial charge in [-0.3, -0.25) is 9.69 Å². The smallest absolute Gasteiger partial charge is 0.224 e. The number of rotatable bonds is 6. The number of hydrogen-bond donors (Lipinski definition) is 2. The SMILES string of the molecule is CC(CNC(=O)Cc1ccc(CN)cc1)N1CCCC1. The predicted octanol–water partition coefficient (Wildman–Crippen LogP) is 1.29. The molecule has 0 bridgehead atoms. The van der Waals surface area contributed by atoms with E-state index in [1.54, 1.807) is 0 Å². The first-order valence-electron chi connectivity index (χ1n) is 7.47. The number of benzene rings is 1. The zero-order valence-corrected chi connectivity index (χ0v) is 12.3. The summed E-state index contributed by atoms with van der Waals surface area (Å²) in [5.74, 6) is 0.0940. The average Bonchev–Trinajstić information content (AvgIpc) is 3.00. The van der Waals surface area contributed by atoms with E-state index in [1.807, 2.05) is 24.3 Å². The lowest BCUT2D eigenvalue weighted by molar-refractivity contribution is -0.120. The van der Waals surface area contributed by atoms with E-state index >= 15 is 0 Å². The summed E-state index contributed by atoms with van der Waals surface area (Å²) in [6.45, 7) is 5.79. The second-order valence-electron chi connectivity index (χ2n) is 5.59. The van der Waals surface area contributed by atoms with Gasteiger partial charge in [-0.2, -0.15) is 0 Å². The van der Waals surface area contributed by atoms with Crippen LogP contribution in [0.3, 0.4) is 0 Å². The quantitative estimate of drug-likeness (QED) is 0.822. The normalized spacial score (nSPS) is 17.1. The Hall–Kier alpha value is -1.39. The Morgan fingerprint density at radius 3 is 2.45 bits per heavy atom. The standard InChI is InChI=1S/C16H25N3O/c1-13(19-8-2-3-9-19)12-18-16(20)10-14-4-6-15(11-17)7-5-14/h4-7,13H,2-3,8-12,17H2,1H3,(H,18,20). The molecular formula is C16H25N3O. The van der Waals surface area contributed by atoms with Gasteiger partial charge in [-0.05, 0) is 44.0 Å². The number of carbonyl (C=O) groups excluding carboxylic acids is 1. The summed E-state index contributed by atoms with van der Waals surface area (Å²) in [7, 11) is 0. The van der Waals surface area contributed by atoms with Crippen LogP contribution in [-0.2, 0) is 17.8 Å². The maximum atomic E-state index is 11.9. The zero-order chi connectivity index (χ0) is 14.4. The van der Waals surface area contributed by atoms with Crippen LogP contribution >= 0.6 is 0 Å². The van der Waals surface area contributed by atoms with Crippen molar-refractivity contribution in [3.05, 3.63) is 35.4 Å². The third-order valence-corrected chi connectivity index (χ3v) is 3.98. The molecule has 110 valence electrons. The molecule has 0 spiro atoms. The second-order valence-corrected chi connectivity index (χ2v) is 5.59. The van der Waals surface area contributed by atoms with E-state index < -0.39 is 0 Å². The third-order valence-electron chi connectivity index (χ3n) is 3.98. The molecule has 4 nitrogen and oxygen atoms in total. The van der Waals surface area contributed by atoms with Gasteiger partial charge in [0.05, 0.1) is 6.42 Å². The van der Waals surface area contributed by atoms with Crippen LogP contribution in [-0.4, -0.2) is 36.5 Å². The minimum absolute atomic E-state index is 0.0940.